The van der Waals surface area contributed by atoms with Gasteiger partial charge in [0.05, 0.1) is 0 Å². The molecule has 96 valence electrons. The fraction of sp³-hybridized carbons (Fsp3) is 0.538. The Hall–Kier alpha value is -1.13. The predicted octanol–water partition coefficient (Wildman–Crippen LogP) is 1.54. The van der Waals surface area contributed by atoms with Gasteiger partial charge in [-0.3, -0.25) is 9.69 Å². The van der Waals surface area contributed by atoms with E-state index in [1.54, 1.807) is 6.20 Å². The van der Waals surface area contributed by atoms with E-state index in [-0.39, 0.29) is 0 Å². The van der Waals surface area contributed by atoms with Gasteiger partial charge < -0.3 is 4.90 Å². The zero-order chi connectivity index (χ0) is 12.5. The minimum absolute atomic E-state index is 0.326. The molecule has 4 nitrogen and oxygen atoms in total. The molecular weight excluding hydrogens is 250 g/mol. The highest BCUT2D eigenvalue weighted by molar-refractivity contribution is 6.29. The summed E-state index contributed by atoms with van der Waals surface area (Å²) < 4.78 is 0. The summed E-state index contributed by atoms with van der Waals surface area (Å²) in [6.07, 6.45) is 3.47. The number of rotatable bonds is 2. The third-order valence-corrected chi connectivity index (χ3v) is 3.98. The van der Waals surface area contributed by atoms with Gasteiger partial charge in [-0.25, -0.2) is 4.98 Å². The predicted molar refractivity (Wildman–Crippen MR) is 69.3 cm³/mol. The van der Waals surface area contributed by atoms with Crippen LogP contribution in [0, 0.1) is 0 Å². The van der Waals surface area contributed by atoms with Crippen molar-refractivity contribution in [2.45, 2.75) is 25.4 Å². The van der Waals surface area contributed by atoms with Crippen molar-refractivity contribution in [1.29, 1.82) is 0 Å². The molecule has 18 heavy (non-hydrogen) atoms. The van der Waals surface area contributed by atoms with Gasteiger partial charge in [0.25, 0.3) is 0 Å². The number of carbonyl (C=O) groups is 1. The van der Waals surface area contributed by atoms with Crippen LogP contribution in [0.15, 0.2) is 18.3 Å². The van der Waals surface area contributed by atoms with Gasteiger partial charge in [-0.1, -0.05) is 11.6 Å². The van der Waals surface area contributed by atoms with Crippen LogP contribution in [0.1, 0.15) is 18.4 Å². The van der Waals surface area contributed by atoms with Crippen LogP contribution in [0.25, 0.3) is 0 Å². The Balaban J connectivity index is 1.64. The summed E-state index contributed by atoms with van der Waals surface area (Å²) in [5.74, 6) is 0.326. The van der Waals surface area contributed by atoms with Crippen molar-refractivity contribution in [3.05, 3.63) is 29.0 Å². The Morgan fingerprint density at radius 3 is 3.17 bits per heavy atom. The maximum absolute atomic E-state index is 11.6. The lowest BCUT2D eigenvalue weighted by Crippen LogP contribution is -2.50. The molecule has 2 fully saturated rings. The van der Waals surface area contributed by atoms with Crippen molar-refractivity contribution in [3.8, 4) is 0 Å². The maximum Gasteiger partial charge on any atom is 0.222 e. The molecule has 0 aliphatic carbocycles. The minimum atomic E-state index is 0.326. The molecule has 1 atom stereocenters. The Morgan fingerprint density at radius 2 is 2.33 bits per heavy atom. The number of carbonyl (C=O) groups excluding carboxylic acids is 1. The van der Waals surface area contributed by atoms with E-state index in [2.05, 4.69) is 9.88 Å². The number of amides is 1. The van der Waals surface area contributed by atoms with Gasteiger partial charge in [-0.15, -0.1) is 0 Å². The van der Waals surface area contributed by atoms with Gasteiger partial charge in [0.1, 0.15) is 5.15 Å². The number of nitrogens with zero attached hydrogens (tertiary/aromatic N) is 3. The SMILES string of the molecule is O=C1CCC2CN(Cc3ccnc(Cl)c3)CCN12. The molecule has 0 radical (unpaired) electrons. The molecule has 1 amide bonds. The van der Waals surface area contributed by atoms with Crippen molar-refractivity contribution in [1.82, 2.24) is 14.8 Å². The average Bonchev–Trinajstić information content (AvgIpc) is 2.71. The first-order chi connectivity index (χ1) is 8.72. The van der Waals surface area contributed by atoms with Crippen LogP contribution in [0.2, 0.25) is 5.15 Å². The summed E-state index contributed by atoms with van der Waals surface area (Å²) in [4.78, 5) is 20.0. The van der Waals surface area contributed by atoms with Crippen molar-refractivity contribution in [3.63, 3.8) is 0 Å². The third kappa shape index (κ3) is 2.35. The lowest BCUT2D eigenvalue weighted by molar-refractivity contribution is -0.130. The maximum atomic E-state index is 11.6. The fourth-order valence-corrected chi connectivity index (χ4v) is 3.07. The van der Waals surface area contributed by atoms with E-state index in [4.69, 9.17) is 11.6 Å². The van der Waals surface area contributed by atoms with Crippen LogP contribution < -0.4 is 0 Å². The minimum Gasteiger partial charge on any atom is -0.337 e. The number of piperazine rings is 1. The largest absolute Gasteiger partial charge is 0.337 e. The van der Waals surface area contributed by atoms with E-state index < -0.39 is 0 Å². The molecule has 0 spiro atoms. The molecule has 0 saturated carbocycles. The highest BCUT2D eigenvalue weighted by Gasteiger charge is 2.35. The number of aromatic nitrogens is 1. The van der Waals surface area contributed by atoms with Crippen LogP contribution >= 0.6 is 11.6 Å². The zero-order valence-corrected chi connectivity index (χ0v) is 10.9. The Bertz CT molecular complexity index is 465. The monoisotopic (exact) mass is 265 g/mol. The third-order valence-electron chi connectivity index (χ3n) is 3.78. The molecule has 0 N–H and O–H groups in total. The molecule has 3 rings (SSSR count). The second-order valence-corrected chi connectivity index (χ2v) is 5.39. The van der Waals surface area contributed by atoms with Gasteiger partial charge in [-0.05, 0) is 24.1 Å². The number of hydrogen-bond donors (Lipinski definition) is 0. The molecular formula is C13H16ClN3O. The molecule has 0 aromatic carbocycles. The summed E-state index contributed by atoms with van der Waals surface area (Å²) in [6.45, 7) is 3.68. The van der Waals surface area contributed by atoms with Crippen LogP contribution in [0.3, 0.4) is 0 Å². The average molecular weight is 266 g/mol. The van der Waals surface area contributed by atoms with Crippen molar-refractivity contribution in [2.75, 3.05) is 19.6 Å². The van der Waals surface area contributed by atoms with Gasteiger partial charge >= 0.3 is 0 Å². The molecule has 2 aliphatic heterocycles. The first-order valence-electron chi connectivity index (χ1n) is 6.34. The Kier molecular flexibility index (Phi) is 3.22. The Morgan fingerprint density at radius 1 is 1.44 bits per heavy atom. The van der Waals surface area contributed by atoms with Crippen LogP contribution in [-0.2, 0) is 11.3 Å². The smallest absolute Gasteiger partial charge is 0.222 e. The molecule has 2 aliphatic rings. The number of fused-ring (bicyclic) bond motifs is 1. The normalized spacial score (nSPS) is 24.4. The van der Waals surface area contributed by atoms with E-state index in [0.29, 0.717) is 17.1 Å². The standard InChI is InChI=1S/C13H16ClN3O/c14-12-7-10(3-4-15-12)8-16-5-6-17-11(9-16)1-2-13(17)18/h3-4,7,11H,1-2,5-6,8-9H2. The quantitative estimate of drug-likeness (QED) is 0.761. The molecule has 1 aromatic heterocycles. The van der Waals surface area contributed by atoms with Crippen LogP contribution in [-0.4, -0.2) is 46.4 Å². The number of pyridine rings is 1. The number of hydrogen-bond acceptors (Lipinski definition) is 3. The van der Waals surface area contributed by atoms with Gasteiger partial charge in [-0.2, -0.15) is 0 Å². The molecule has 0 bridgehead atoms. The molecule has 1 aromatic rings. The summed E-state index contributed by atoms with van der Waals surface area (Å²) in [6, 6.07) is 4.33. The highest BCUT2D eigenvalue weighted by Crippen LogP contribution is 2.23. The second kappa shape index (κ2) is 4.86. The summed E-state index contributed by atoms with van der Waals surface area (Å²) in [7, 11) is 0. The second-order valence-electron chi connectivity index (χ2n) is 5.00. The first-order valence-corrected chi connectivity index (χ1v) is 6.72. The van der Waals surface area contributed by atoms with Gasteiger partial charge in [0, 0.05) is 44.8 Å². The fourth-order valence-electron chi connectivity index (χ4n) is 2.87. The van der Waals surface area contributed by atoms with Crippen molar-refractivity contribution >= 4 is 17.5 Å². The molecule has 3 heterocycles. The summed E-state index contributed by atoms with van der Waals surface area (Å²) in [5, 5.41) is 0.544. The zero-order valence-electron chi connectivity index (χ0n) is 10.2. The topological polar surface area (TPSA) is 36.4 Å². The van der Waals surface area contributed by atoms with Crippen molar-refractivity contribution < 1.29 is 4.79 Å². The lowest BCUT2D eigenvalue weighted by Gasteiger charge is -2.37. The van der Waals surface area contributed by atoms with E-state index in [1.165, 1.54) is 5.56 Å². The first kappa shape index (κ1) is 11.9. The van der Waals surface area contributed by atoms with Crippen LogP contribution in [0.5, 0.6) is 0 Å². The van der Waals surface area contributed by atoms with E-state index >= 15 is 0 Å². The van der Waals surface area contributed by atoms with E-state index in [0.717, 1.165) is 39.0 Å². The lowest BCUT2D eigenvalue weighted by atomic mass is 10.1. The summed E-state index contributed by atoms with van der Waals surface area (Å²) >= 11 is 5.89. The van der Waals surface area contributed by atoms with E-state index in [9.17, 15) is 4.79 Å². The van der Waals surface area contributed by atoms with E-state index in [1.807, 2.05) is 17.0 Å². The highest BCUT2D eigenvalue weighted by atomic mass is 35.5. The molecule has 2 saturated heterocycles. The van der Waals surface area contributed by atoms with Crippen molar-refractivity contribution in [2.24, 2.45) is 0 Å². The molecule has 5 heteroatoms. The summed E-state index contributed by atoms with van der Waals surface area (Å²) in [5.41, 5.74) is 1.19. The van der Waals surface area contributed by atoms with Gasteiger partial charge in [0.15, 0.2) is 0 Å². The molecule has 1 unspecified atom stereocenters. The van der Waals surface area contributed by atoms with Crippen LogP contribution in [0.4, 0.5) is 0 Å². The Labute approximate surface area is 112 Å². The number of halogens is 1. The van der Waals surface area contributed by atoms with Gasteiger partial charge in [0.2, 0.25) is 5.91 Å².